The average Bonchev–Trinajstić information content (AvgIpc) is 2.97. The highest BCUT2D eigenvalue weighted by Gasteiger charge is 2.21. The molecule has 1 N–H and O–H groups in total. The lowest BCUT2D eigenvalue weighted by Gasteiger charge is -2.21. The Morgan fingerprint density at radius 3 is 2.76 bits per heavy atom. The van der Waals surface area contributed by atoms with Crippen LogP contribution in [0.5, 0.6) is 5.75 Å². The fraction of sp³-hybridized carbons (Fsp3) is 0.250. The molecule has 134 valence electrons. The van der Waals surface area contributed by atoms with Gasteiger partial charge in [0.2, 0.25) is 10.0 Å². The van der Waals surface area contributed by atoms with Crippen molar-refractivity contribution in [1.82, 2.24) is 5.43 Å². The number of aryl methyl sites for hydroxylation is 1. The molecule has 1 aromatic heterocycles. The van der Waals surface area contributed by atoms with E-state index in [1.807, 2.05) is 18.4 Å². The van der Waals surface area contributed by atoms with Gasteiger partial charge in [-0.2, -0.15) is 5.10 Å². The highest BCUT2D eigenvalue weighted by atomic mass is 32.2. The predicted octanol–water partition coefficient (Wildman–Crippen LogP) is 1.98. The first-order valence-electron chi connectivity index (χ1n) is 7.29. The zero-order valence-electron chi connectivity index (χ0n) is 14.1. The Kier molecular flexibility index (Phi) is 6.16. The van der Waals surface area contributed by atoms with Crippen molar-refractivity contribution in [3.05, 3.63) is 46.2 Å². The van der Waals surface area contributed by atoms with E-state index in [0.29, 0.717) is 11.4 Å². The summed E-state index contributed by atoms with van der Waals surface area (Å²) in [6.07, 6.45) is 2.58. The van der Waals surface area contributed by atoms with Gasteiger partial charge in [-0.3, -0.25) is 9.10 Å². The van der Waals surface area contributed by atoms with Gasteiger partial charge in [-0.1, -0.05) is 6.07 Å². The molecule has 0 aliphatic heterocycles. The third-order valence-corrected chi connectivity index (χ3v) is 5.40. The number of carbonyl (C=O) groups is 1. The number of anilines is 1. The van der Waals surface area contributed by atoms with E-state index in [0.717, 1.165) is 21.0 Å². The van der Waals surface area contributed by atoms with Gasteiger partial charge < -0.3 is 4.74 Å². The summed E-state index contributed by atoms with van der Waals surface area (Å²) in [6, 6.07) is 8.43. The zero-order chi connectivity index (χ0) is 18.4. The number of thiophene rings is 1. The number of ether oxygens (including phenoxy) is 1. The molecule has 1 amide bonds. The van der Waals surface area contributed by atoms with Crippen LogP contribution in [0.3, 0.4) is 0 Å². The predicted molar refractivity (Wildman–Crippen MR) is 100.0 cm³/mol. The number of amides is 1. The van der Waals surface area contributed by atoms with Gasteiger partial charge in [0.15, 0.2) is 0 Å². The standard InChI is InChI=1S/C16H19N3O4S2/c1-12-7-8-24-15(12)10-17-18-16(20)11-19(25(3,21)22)13-5-4-6-14(9-13)23-2/h4-10H,11H2,1-3H3,(H,18,20)/b17-10-. The third-order valence-electron chi connectivity index (χ3n) is 3.30. The summed E-state index contributed by atoms with van der Waals surface area (Å²) in [6.45, 7) is 1.56. The largest absolute Gasteiger partial charge is 0.497 e. The van der Waals surface area contributed by atoms with Crippen LogP contribution < -0.4 is 14.5 Å². The Hall–Kier alpha value is -2.39. The lowest BCUT2D eigenvalue weighted by molar-refractivity contribution is -0.119. The second kappa shape index (κ2) is 8.13. The van der Waals surface area contributed by atoms with Crippen molar-refractivity contribution in [2.45, 2.75) is 6.92 Å². The number of sulfonamides is 1. The minimum absolute atomic E-state index is 0.343. The summed E-state index contributed by atoms with van der Waals surface area (Å²) in [5.74, 6) is -0.0450. The van der Waals surface area contributed by atoms with Crippen molar-refractivity contribution < 1.29 is 17.9 Å². The van der Waals surface area contributed by atoms with E-state index in [-0.39, 0.29) is 6.54 Å². The number of nitrogens with zero attached hydrogens (tertiary/aromatic N) is 2. The molecule has 0 fully saturated rings. The molecule has 0 aliphatic rings. The third kappa shape index (κ3) is 5.30. The molecule has 2 aromatic rings. The molecule has 0 saturated heterocycles. The molecule has 0 unspecified atom stereocenters. The van der Waals surface area contributed by atoms with Crippen LogP contribution in [0.4, 0.5) is 5.69 Å². The van der Waals surface area contributed by atoms with Crippen molar-refractivity contribution >= 4 is 39.2 Å². The maximum atomic E-state index is 12.1. The van der Waals surface area contributed by atoms with Gasteiger partial charge in [0.25, 0.3) is 5.91 Å². The first kappa shape index (κ1) is 18.9. The molecule has 0 atom stereocenters. The van der Waals surface area contributed by atoms with Gasteiger partial charge in [0.1, 0.15) is 12.3 Å². The number of carbonyl (C=O) groups excluding carboxylic acids is 1. The SMILES string of the molecule is COc1cccc(N(CC(=O)N/N=C\c2sccc2C)S(C)(=O)=O)c1. The molecule has 0 radical (unpaired) electrons. The zero-order valence-corrected chi connectivity index (χ0v) is 15.7. The summed E-state index contributed by atoms with van der Waals surface area (Å²) in [5, 5.41) is 5.80. The fourth-order valence-electron chi connectivity index (χ4n) is 2.01. The summed E-state index contributed by atoms with van der Waals surface area (Å²) in [4.78, 5) is 13.0. The second-order valence-corrected chi connectivity index (χ2v) is 8.09. The second-order valence-electron chi connectivity index (χ2n) is 5.23. The van der Waals surface area contributed by atoms with Crippen molar-refractivity contribution in [2.24, 2.45) is 5.10 Å². The Labute approximate surface area is 151 Å². The van der Waals surface area contributed by atoms with E-state index in [1.165, 1.54) is 24.7 Å². The van der Waals surface area contributed by atoms with E-state index in [1.54, 1.807) is 24.3 Å². The molecule has 2 rings (SSSR count). The molecule has 0 spiro atoms. The van der Waals surface area contributed by atoms with Crippen molar-refractivity contribution in [1.29, 1.82) is 0 Å². The van der Waals surface area contributed by atoms with Gasteiger partial charge in [-0.25, -0.2) is 13.8 Å². The topological polar surface area (TPSA) is 88.1 Å². The van der Waals surface area contributed by atoms with Crippen LogP contribution in [0.25, 0.3) is 0 Å². The van der Waals surface area contributed by atoms with Crippen molar-refractivity contribution in [2.75, 3.05) is 24.2 Å². The lowest BCUT2D eigenvalue weighted by Crippen LogP contribution is -2.39. The number of methoxy groups -OCH3 is 1. The molecule has 25 heavy (non-hydrogen) atoms. The fourth-order valence-corrected chi connectivity index (χ4v) is 3.65. The van der Waals surface area contributed by atoms with E-state index in [4.69, 9.17) is 4.74 Å². The van der Waals surface area contributed by atoms with Gasteiger partial charge in [-0.15, -0.1) is 11.3 Å². The van der Waals surface area contributed by atoms with Gasteiger partial charge in [0, 0.05) is 10.9 Å². The molecular formula is C16H19N3O4S2. The average molecular weight is 381 g/mol. The van der Waals surface area contributed by atoms with Gasteiger partial charge in [-0.05, 0) is 36.1 Å². The monoisotopic (exact) mass is 381 g/mol. The van der Waals surface area contributed by atoms with Gasteiger partial charge >= 0.3 is 0 Å². The highest BCUT2D eigenvalue weighted by Crippen LogP contribution is 2.22. The molecule has 0 aliphatic carbocycles. The Morgan fingerprint density at radius 2 is 2.16 bits per heavy atom. The summed E-state index contributed by atoms with van der Waals surface area (Å²) in [5.41, 5.74) is 3.74. The van der Waals surface area contributed by atoms with Crippen LogP contribution in [0.15, 0.2) is 40.8 Å². The van der Waals surface area contributed by atoms with E-state index >= 15 is 0 Å². The van der Waals surface area contributed by atoms with Crippen LogP contribution >= 0.6 is 11.3 Å². The van der Waals surface area contributed by atoms with E-state index in [9.17, 15) is 13.2 Å². The first-order chi connectivity index (χ1) is 11.8. The van der Waals surface area contributed by atoms with Crippen LogP contribution in [0.1, 0.15) is 10.4 Å². The summed E-state index contributed by atoms with van der Waals surface area (Å²) in [7, 11) is -2.16. The summed E-state index contributed by atoms with van der Waals surface area (Å²) < 4.78 is 30.2. The highest BCUT2D eigenvalue weighted by molar-refractivity contribution is 7.92. The molecule has 7 nitrogen and oxygen atoms in total. The van der Waals surface area contributed by atoms with Crippen LogP contribution in [0, 0.1) is 6.92 Å². The Balaban J connectivity index is 2.10. The number of hydrogen-bond donors (Lipinski definition) is 1. The minimum atomic E-state index is -3.65. The number of hydrazone groups is 1. The van der Waals surface area contributed by atoms with E-state index in [2.05, 4.69) is 10.5 Å². The van der Waals surface area contributed by atoms with E-state index < -0.39 is 15.9 Å². The maximum absolute atomic E-state index is 12.1. The van der Waals surface area contributed by atoms with Crippen LogP contribution in [0.2, 0.25) is 0 Å². The smallest absolute Gasteiger partial charge is 0.260 e. The Morgan fingerprint density at radius 1 is 1.40 bits per heavy atom. The molecule has 0 bridgehead atoms. The van der Waals surface area contributed by atoms with Gasteiger partial charge in [0.05, 0.1) is 25.3 Å². The van der Waals surface area contributed by atoms with Crippen molar-refractivity contribution in [3.63, 3.8) is 0 Å². The molecule has 9 heteroatoms. The van der Waals surface area contributed by atoms with Crippen molar-refractivity contribution in [3.8, 4) is 5.75 Å². The maximum Gasteiger partial charge on any atom is 0.260 e. The number of rotatable bonds is 7. The molecular weight excluding hydrogens is 362 g/mol. The number of benzene rings is 1. The lowest BCUT2D eigenvalue weighted by atomic mass is 10.3. The molecule has 1 heterocycles. The number of nitrogens with one attached hydrogen (secondary N) is 1. The van der Waals surface area contributed by atoms with Crippen LogP contribution in [-0.2, 0) is 14.8 Å². The normalized spacial score (nSPS) is 11.5. The molecule has 1 aromatic carbocycles. The van der Waals surface area contributed by atoms with Crippen LogP contribution in [-0.4, -0.2) is 40.4 Å². The minimum Gasteiger partial charge on any atom is -0.497 e. The first-order valence-corrected chi connectivity index (χ1v) is 10.0. The molecule has 0 saturated carbocycles. The summed E-state index contributed by atoms with van der Waals surface area (Å²) >= 11 is 1.50. The quantitative estimate of drug-likeness (QED) is 0.587. The number of hydrogen-bond acceptors (Lipinski definition) is 6. The Bertz CT molecular complexity index is 875.